The molecule has 2 saturated heterocycles. The van der Waals surface area contributed by atoms with Gasteiger partial charge >= 0.3 is 5.97 Å². The van der Waals surface area contributed by atoms with Crippen molar-refractivity contribution in [3.05, 3.63) is 21.3 Å². The predicted molar refractivity (Wildman–Crippen MR) is 104 cm³/mol. The van der Waals surface area contributed by atoms with Gasteiger partial charge in [-0.05, 0) is 33.8 Å². The molecule has 0 bridgehead atoms. The Labute approximate surface area is 183 Å². The second-order valence-corrected chi connectivity index (χ2v) is 8.70. The van der Waals surface area contributed by atoms with Crippen LogP contribution < -0.4 is 4.74 Å². The van der Waals surface area contributed by atoms with Crippen LogP contribution in [0.2, 0.25) is 15.2 Å². The van der Waals surface area contributed by atoms with Crippen LogP contribution in [-0.4, -0.2) is 60.7 Å². The zero-order valence-corrected chi connectivity index (χ0v) is 18.6. The van der Waals surface area contributed by atoms with E-state index in [1.54, 1.807) is 13.8 Å². The molecule has 2 aliphatic heterocycles. The maximum absolute atomic E-state index is 12.1. The van der Waals surface area contributed by atoms with Crippen molar-refractivity contribution in [1.29, 1.82) is 0 Å². The van der Waals surface area contributed by atoms with Gasteiger partial charge in [0.2, 0.25) is 5.88 Å². The largest absolute Gasteiger partial charge is 0.465 e. The maximum Gasteiger partial charge on any atom is 0.344 e. The second kappa shape index (κ2) is 8.70. The molecule has 29 heavy (non-hydrogen) atoms. The molecule has 1 aromatic heterocycles. The molecule has 0 radical (unpaired) electrons. The summed E-state index contributed by atoms with van der Waals surface area (Å²) in [5.74, 6) is -2.20. The van der Waals surface area contributed by atoms with E-state index < -0.39 is 36.4 Å². The number of carbonyl (C=O) groups is 1. The molecule has 162 valence electrons. The number of esters is 1. The van der Waals surface area contributed by atoms with Crippen LogP contribution in [-0.2, 0) is 28.5 Å². The van der Waals surface area contributed by atoms with Crippen LogP contribution in [0.25, 0.3) is 0 Å². The Bertz CT molecular complexity index is 774. The number of rotatable bonds is 6. The van der Waals surface area contributed by atoms with Crippen LogP contribution >= 0.6 is 34.8 Å². The third-order valence-corrected chi connectivity index (χ3v) is 5.15. The first-order valence-corrected chi connectivity index (χ1v) is 10.1. The summed E-state index contributed by atoms with van der Waals surface area (Å²) in [7, 11) is 0. The predicted octanol–water partition coefficient (Wildman–Crippen LogP) is 3.64. The summed E-state index contributed by atoms with van der Waals surface area (Å²) in [4.78, 5) is 16.0. The lowest BCUT2D eigenvalue weighted by atomic mass is 10.1. The average molecular weight is 471 g/mol. The van der Waals surface area contributed by atoms with E-state index in [0.29, 0.717) is 6.61 Å². The van der Waals surface area contributed by atoms with Gasteiger partial charge in [-0.15, -0.1) is 0 Å². The van der Waals surface area contributed by atoms with E-state index in [1.165, 1.54) is 6.07 Å². The Kier molecular flexibility index (Phi) is 6.85. The van der Waals surface area contributed by atoms with E-state index in [2.05, 4.69) is 4.98 Å². The van der Waals surface area contributed by atoms with Crippen molar-refractivity contribution in [3.8, 4) is 5.88 Å². The summed E-state index contributed by atoms with van der Waals surface area (Å²) in [6, 6.07) is 1.38. The van der Waals surface area contributed by atoms with Crippen molar-refractivity contribution < 1.29 is 33.2 Å². The van der Waals surface area contributed by atoms with Gasteiger partial charge in [-0.1, -0.05) is 34.8 Å². The highest BCUT2D eigenvalue weighted by molar-refractivity contribution is 6.42. The molecule has 0 amide bonds. The molecule has 11 heteroatoms. The van der Waals surface area contributed by atoms with Crippen LogP contribution in [0.15, 0.2) is 6.07 Å². The van der Waals surface area contributed by atoms with Gasteiger partial charge in [0, 0.05) is 0 Å². The number of aromatic nitrogens is 1. The normalized spacial score (nSPS) is 27.8. The standard InChI is InChI=1S/C18H22Cl3NO7/c1-17(2)26-7-12(27-17)14-11(28-18(3,4)29-14)6-24-13(23)8-25-16-10(20)5-9(19)15(21)22-16/h5,11-12,14H,6-8H2,1-4H3/t11-,12-,14+/m0/s1. The molecule has 0 aliphatic carbocycles. The number of ether oxygens (including phenoxy) is 6. The molecule has 3 atom stereocenters. The molecule has 0 unspecified atom stereocenters. The molecule has 3 rings (SSSR count). The first kappa shape index (κ1) is 22.8. The number of pyridine rings is 1. The number of halogens is 3. The molecule has 0 aromatic carbocycles. The van der Waals surface area contributed by atoms with Crippen LogP contribution in [0.3, 0.4) is 0 Å². The minimum absolute atomic E-state index is 0.0164. The molecule has 0 saturated carbocycles. The highest BCUT2D eigenvalue weighted by Crippen LogP contribution is 2.35. The number of hydrogen-bond acceptors (Lipinski definition) is 8. The van der Waals surface area contributed by atoms with E-state index in [4.69, 9.17) is 63.2 Å². The zero-order valence-electron chi connectivity index (χ0n) is 16.4. The van der Waals surface area contributed by atoms with E-state index in [0.717, 1.165) is 0 Å². The third kappa shape index (κ3) is 5.85. The minimum atomic E-state index is -0.841. The van der Waals surface area contributed by atoms with Crippen molar-refractivity contribution in [2.24, 2.45) is 0 Å². The van der Waals surface area contributed by atoms with Gasteiger partial charge in [-0.3, -0.25) is 0 Å². The Morgan fingerprint density at radius 1 is 1.14 bits per heavy atom. The molecule has 2 fully saturated rings. The molecule has 3 heterocycles. The van der Waals surface area contributed by atoms with Crippen LogP contribution in [0.5, 0.6) is 5.88 Å². The van der Waals surface area contributed by atoms with Gasteiger partial charge in [0.25, 0.3) is 0 Å². The summed E-state index contributed by atoms with van der Waals surface area (Å²) < 4.78 is 33.8. The lowest BCUT2D eigenvalue weighted by Crippen LogP contribution is -2.40. The summed E-state index contributed by atoms with van der Waals surface area (Å²) in [5.41, 5.74) is 0. The summed E-state index contributed by atoms with van der Waals surface area (Å²) in [5, 5.41) is 0.324. The van der Waals surface area contributed by atoms with E-state index in [9.17, 15) is 4.79 Å². The van der Waals surface area contributed by atoms with Gasteiger partial charge in [-0.2, -0.15) is 4.98 Å². The highest BCUT2D eigenvalue weighted by Gasteiger charge is 2.50. The van der Waals surface area contributed by atoms with Gasteiger partial charge in [0.15, 0.2) is 23.3 Å². The topological polar surface area (TPSA) is 85.3 Å². The monoisotopic (exact) mass is 469 g/mol. The molecule has 2 aliphatic rings. The molecular formula is C18H22Cl3NO7. The Morgan fingerprint density at radius 3 is 2.52 bits per heavy atom. The minimum Gasteiger partial charge on any atom is -0.465 e. The first-order valence-electron chi connectivity index (χ1n) is 8.93. The smallest absolute Gasteiger partial charge is 0.344 e. The number of carbonyl (C=O) groups excluding carboxylic acids is 1. The Morgan fingerprint density at radius 2 is 1.86 bits per heavy atom. The first-order chi connectivity index (χ1) is 13.5. The lowest BCUT2D eigenvalue weighted by molar-refractivity contribution is -0.175. The summed E-state index contributed by atoms with van der Waals surface area (Å²) in [6.45, 7) is 7.10. The highest BCUT2D eigenvalue weighted by atomic mass is 35.5. The fourth-order valence-electron chi connectivity index (χ4n) is 3.06. The zero-order chi connectivity index (χ0) is 21.4. The van der Waals surface area contributed by atoms with Crippen molar-refractivity contribution >= 4 is 40.8 Å². The quantitative estimate of drug-likeness (QED) is 0.460. The van der Waals surface area contributed by atoms with Crippen LogP contribution in [0, 0.1) is 0 Å². The molecule has 0 spiro atoms. The van der Waals surface area contributed by atoms with Crippen molar-refractivity contribution in [3.63, 3.8) is 0 Å². The van der Waals surface area contributed by atoms with Gasteiger partial charge < -0.3 is 28.4 Å². The molecular weight excluding hydrogens is 449 g/mol. The van der Waals surface area contributed by atoms with E-state index in [-0.39, 0.29) is 33.8 Å². The fourth-order valence-corrected chi connectivity index (χ4v) is 3.60. The van der Waals surface area contributed by atoms with Crippen LogP contribution in [0.4, 0.5) is 0 Å². The molecule has 0 N–H and O–H groups in total. The Balaban J connectivity index is 1.54. The molecule has 8 nitrogen and oxygen atoms in total. The summed E-state index contributed by atoms with van der Waals surface area (Å²) >= 11 is 17.6. The second-order valence-electron chi connectivity index (χ2n) is 7.53. The van der Waals surface area contributed by atoms with Crippen molar-refractivity contribution in [1.82, 2.24) is 4.98 Å². The maximum atomic E-state index is 12.1. The average Bonchev–Trinajstić information content (AvgIpc) is 3.13. The van der Waals surface area contributed by atoms with Crippen molar-refractivity contribution in [2.75, 3.05) is 19.8 Å². The van der Waals surface area contributed by atoms with Crippen LogP contribution in [0.1, 0.15) is 27.7 Å². The lowest BCUT2D eigenvalue weighted by Gasteiger charge is -2.23. The summed E-state index contributed by atoms with van der Waals surface area (Å²) in [6.07, 6.45) is -1.32. The van der Waals surface area contributed by atoms with Gasteiger partial charge in [0.05, 0.1) is 11.6 Å². The van der Waals surface area contributed by atoms with E-state index in [1.807, 2.05) is 13.8 Å². The number of nitrogens with zero attached hydrogens (tertiary/aromatic N) is 1. The van der Waals surface area contributed by atoms with Gasteiger partial charge in [0.1, 0.15) is 29.9 Å². The number of hydrogen-bond donors (Lipinski definition) is 0. The SMILES string of the molecule is CC1(C)OC[C@@H]([C@@H]2OC(C)(C)O[C@H]2COC(=O)COc2nc(Cl)c(Cl)cc2Cl)O1. The Hall–Kier alpha value is -0.870. The third-order valence-electron chi connectivity index (χ3n) is 4.21. The van der Waals surface area contributed by atoms with E-state index >= 15 is 0 Å². The fraction of sp³-hybridized carbons (Fsp3) is 0.667. The molecule has 1 aromatic rings. The van der Waals surface area contributed by atoms with Crippen molar-refractivity contribution in [2.45, 2.75) is 57.6 Å². The van der Waals surface area contributed by atoms with Gasteiger partial charge in [-0.25, -0.2) is 4.79 Å².